The molecule has 0 fully saturated rings. The van der Waals surface area contributed by atoms with Crippen molar-refractivity contribution < 1.29 is 13.2 Å². The van der Waals surface area contributed by atoms with Gasteiger partial charge in [0, 0.05) is 12.1 Å². The van der Waals surface area contributed by atoms with E-state index in [0.29, 0.717) is 18.0 Å². The Morgan fingerprint density at radius 1 is 0.968 bits per heavy atom. The van der Waals surface area contributed by atoms with E-state index in [9.17, 15) is 8.42 Å². The van der Waals surface area contributed by atoms with Crippen molar-refractivity contribution in [1.29, 1.82) is 0 Å². The number of anilines is 1. The molecule has 0 aliphatic carbocycles. The van der Waals surface area contributed by atoms with E-state index in [2.05, 4.69) is 33.7 Å². The fraction of sp³-hybridized carbons (Fsp3) is 0.208. The molecular formula is C24H25N3O3S. The maximum Gasteiger partial charge on any atom is 0.261 e. The number of H-pyrrole nitrogens is 1. The maximum absolute atomic E-state index is 12.6. The smallest absolute Gasteiger partial charge is 0.261 e. The van der Waals surface area contributed by atoms with Crippen molar-refractivity contribution in [2.75, 3.05) is 11.3 Å². The first kappa shape index (κ1) is 20.9. The van der Waals surface area contributed by atoms with Gasteiger partial charge in [0.2, 0.25) is 0 Å². The minimum absolute atomic E-state index is 0.195. The van der Waals surface area contributed by atoms with Crippen LogP contribution >= 0.6 is 0 Å². The molecule has 0 aliphatic heterocycles. The van der Waals surface area contributed by atoms with Gasteiger partial charge in [0.25, 0.3) is 10.0 Å². The Kier molecular flexibility index (Phi) is 5.95. The number of ether oxygens (including phenoxy) is 1. The van der Waals surface area contributed by atoms with E-state index in [0.717, 1.165) is 35.3 Å². The number of fused-ring (bicyclic) bond motifs is 1. The molecule has 2 N–H and O–H groups in total. The lowest BCUT2D eigenvalue weighted by atomic mass is 10.1. The third-order valence-electron chi connectivity index (χ3n) is 4.99. The molecule has 31 heavy (non-hydrogen) atoms. The van der Waals surface area contributed by atoms with Gasteiger partial charge < -0.3 is 9.72 Å². The van der Waals surface area contributed by atoms with Crippen LogP contribution in [0.25, 0.3) is 11.0 Å². The first-order valence-electron chi connectivity index (χ1n) is 10.2. The Morgan fingerprint density at radius 2 is 1.71 bits per heavy atom. The molecule has 1 aromatic heterocycles. The average molecular weight is 436 g/mol. The molecule has 1 heterocycles. The molecule has 6 nitrogen and oxygen atoms in total. The maximum atomic E-state index is 12.6. The molecule has 0 unspecified atom stereocenters. The molecule has 0 spiro atoms. The van der Waals surface area contributed by atoms with Crippen molar-refractivity contribution in [2.45, 2.75) is 31.6 Å². The van der Waals surface area contributed by atoms with Crippen LogP contribution in [-0.4, -0.2) is 25.0 Å². The zero-order valence-electron chi connectivity index (χ0n) is 17.6. The number of nitrogens with one attached hydrogen (secondary N) is 2. The number of sulfonamides is 1. The Morgan fingerprint density at radius 3 is 2.42 bits per heavy atom. The van der Waals surface area contributed by atoms with E-state index in [1.807, 2.05) is 25.1 Å². The van der Waals surface area contributed by atoms with E-state index in [1.165, 1.54) is 17.7 Å². The van der Waals surface area contributed by atoms with Gasteiger partial charge >= 0.3 is 0 Å². The van der Waals surface area contributed by atoms with Crippen LogP contribution < -0.4 is 9.46 Å². The van der Waals surface area contributed by atoms with Crippen LogP contribution in [0.4, 0.5) is 5.69 Å². The second kappa shape index (κ2) is 8.81. The summed E-state index contributed by atoms with van der Waals surface area (Å²) in [6.45, 7) is 4.48. The van der Waals surface area contributed by atoms with Gasteiger partial charge in [0.15, 0.2) is 0 Å². The van der Waals surface area contributed by atoms with Crippen molar-refractivity contribution in [3.05, 3.63) is 83.7 Å². The zero-order valence-corrected chi connectivity index (χ0v) is 18.4. The molecular weight excluding hydrogens is 410 g/mol. The number of aromatic amines is 1. The molecule has 0 saturated carbocycles. The molecule has 160 valence electrons. The van der Waals surface area contributed by atoms with Gasteiger partial charge in [-0.05, 0) is 79.9 Å². The van der Waals surface area contributed by atoms with Crippen LogP contribution in [0.2, 0.25) is 0 Å². The highest BCUT2D eigenvalue weighted by Crippen LogP contribution is 2.20. The molecule has 0 saturated heterocycles. The van der Waals surface area contributed by atoms with Gasteiger partial charge in [0.1, 0.15) is 11.6 Å². The van der Waals surface area contributed by atoms with Crippen molar-refractivity contribution in [1.82, 2.24) is 9.97 Å². The van der Waals surface area contributed by atoms with Crippen LogP contribution in [0.3, 0.4) is 0 Å². The van der Waals surface area contributed by atoms with E-state index < -0.39 is 10.0 Å². The molecule has 3 aromatic carbocycles. The van der Waals surface area contributed by atoms with Crippen LogP contribution in [0.15, 0.2) is 71.6 Å². The first-order chi connectivity index (χ1) is 14.9. The lowest BCUT2D eigenvalue weighted by Crippen LogP contribution is -2.12. The van der Waals surface area contributed by atoms with Gasteiger partial charge in [-0.15, -0.1) is 0 Å². The second-order valence-electron chi connectivity index (χ2n) is 7.41. The Hall–Kier alpha value is -3.32. The number of nitrogens with zero attached hydrogens (tertiary/aromatic N) is 1. The van der Waals surface area contributed by atoms with Crippen LogP contribution in [0.5, 0.6) is 5.75 Å². The van der Waals surface area contributed by atoms with Crippen LogP contribution in [-0.2, 0) is 22.9 Å². The molecule has 4 rings (SSSR count). The summed E-state index contributed by atoms with van der Waals surface area (Å²) in [5, 5.41) is 0. The van der Waals surface area contributed by atoms with Crippen LogP contribution in [0.1, 0.15) is 23.9 Å². The monoisotopic (exact) mass is 435 g/mol. The van der Waals surface area contributed by atoms with Crippen molar-refractivity contribution in [2.24, 2.45) is 0 Å². The number of aryl methyl sites for hydroxylation is 3. The lowest BCUT2D eigenvalue weighted by Gasteiger charge is -2.10. The summed E-state index contributed by atoms with van der Waals surface area (Å²) in [6, 6.07) is 20.0. The average Bonchev–Trinajstić information content (AvgIpc) is 3.16. The third-order valence-corrected chi connectivity index (χ3v) is 6.39. The SMILES string of the molecule is CCOc1ccc(S(=O)(=O)Nc2ccc(CCc3nc4ccc(C)cc4[nH]3)cc2)cc1. The first-order valence-corrected chi connectivity index (χ1v) is 11.7. The van der Waals surface area contributed by atoms with E-state index in [4.69, 9.17) is 4.74 Å². The largest absolute Gasteiger partial charge is 0.494 e. The highest BCUT2D eigenvalue weighted by Gasteiger charge is 2.14. The lowest BCUT2D eigenvalue weighted by molar-refractivity contribution is 0.340. The summed E-state index contributed by atoms with van der Waals surface area (Å²) in [7, 11) is -3.65. The van der Waals surface area contributed by atoms with E-state index in [-0.39, 0.29) is 4.90 Å². The van der Waals surface area contributed by atoms with Crippen molar-refractivity contribution in [3.63, 3.8) is 0 Å². The number of hydrogen-bond donors (Lipinski definition) is 2. The van der Waals surface area contributed by atoms with Gasteiger partial charge in [-0.25, -0.2) is 13.4 Å². The Bertz CT molecular complexity index is 1280. The normalized spacial score (nSPS) is 11.5. The highest BCUT2D eigenvalue weighted by atomic mass is 32.2. The summed E-state index contributed by atoms with van der Waals surface area (Å²) in [4.78, 5) is 8.19. The van der Waals surface area contributed by atoms with Crippen molar-refractivity contribution >= 4 is 26.7 Å². The standard InChI is InChI=1S/C24H25N3O3S/c1-3-30-20-10-12-21(13-11-20)31(28,29)27-19-8-5-18(6-9-19)7-15-24-25-22-14-4-17(2)16-23(22)26-24/h4-6,8-14,16,27H,3,7,15H2,1-2H3,(H,25,26). The Labute approximate surface area is 182 Å². The van der Waals surface area contributed by atoms with Crippen molar-refractivity contribution in [3.8, 4) is 5.75 Å². The van der Waals surface area contributed by atoms with Gasteiger partial charge in [-0.2, -0.15) is 0 Å². The molecule has 0 radical (unpaired) electrons. The van der Waals surface area contributed by atoms with E-state index >= 15 is 0 Å². The fourth-order valence-corrected chi connectivity index (χ4v) is 4.45. The summed E-state index contributed by atoms with van der Waals surface area (Å²) < 4.78 is 33.2. The minimum atomic E-state index is -3.65. The third kappa shape index (κ3) is 5.06. The predicted molar refractivity (Wildman–Crippen MR) is 123 cm³/mol. The van der Waals surface area contributed by atoms with Gasteiger partial charge in [0.05, 0.1) is 22.5 Å². The number of imidazole rings is 1. The molecule has 0 atom stereocenters. The number of rotatable bonds is 8. The zero-order chi connectivity index (χ0) is 21.8. The highest BCUT2D eigenvalue weighted by molar-refractivity contribution is 7.92. The second-order valence-corrected chi connectivity index (χ2v) is 9.09. The molecule has 7 heteroatoms. The fourth-order valence-electron chi connectivity index (χ4n) is 3.39. The van der Waals surface area contributed by atoms with Gasteiger partial charge in [-0.3, -0.25) is 4.72 Å². The minimum Gasteiger partial charge on any atom is -0.494 e. The van der Waals surface area contributed by atoms with E-state index in [1.54, 1.807) is 24.3 Å². The molecule has 0 bridgehead atoms. The topological polar surface area (TPSA) is 84.1 Å². The molecule has 4 aromatic rings. The number of hydrogen-bond acceptors (Lipinski definition) is 4. The number of benzene rings is 3. The molecule has 0 aliphatic rings. The molecule has 0 amide bonds. The number of aromatic nitrogens is 2. The summed E-state index contributed by atoms with van der Waals surface area (Å²) in [5.41, 5.74) is 4.86. The van der Waals surface area contributed by atoms with Crippen LogP contribution in [0, 0.1) is 6.92 Å². The summed E-state index contributed by atoms with van der Waals surface area (Å²) >= 11 is 0. The summed E-state index contributed by atoms with van der Waals surface area (Å²) in [5.74, 6) is 1.59. The summed E-state index contributed by atoms with van der Waals surface area (Å²) in [6.07, 6.45) is 1.59. The quantitative estimate of drug-likeness (QED) is 0.414. The van der Waals surface area contributed by atoms with Gasteiger partial charge in [-0.1, -0.05) is 18.2 Å². The predicted octanol–water partition coefficient (Wildman–Crippen LogP) is 4.86. The Balaban J connectivity index is 1.39.